The molecular weight excluding hydrogens is 222 g/mol. The minimum Gasteiger partial charge on any atom is -0.481 e. The van der Waals surface area contributed by atoms with Crippen LogP contribution in [0, 0.1) is 5.41 Å². The number of nitrogens with zero attached hydrogens (tertiary/aromatic N) is 2. The van der Waals surface area contributed by atoms with Gasteiger partial charge in [-0.25, -0.2) is 0 Å². The largest absolute Gasteiger partial charge is 0.481 e. The molecule has 17 heavy (non-hydrogen) atoms. The van der Waals surface area contributed by atoms with Crippen LogP contribution in [0.1, 0.15) is 26.7 Å². The number of amides is 1. The van der Waals surface area contributed by atoms with Gasteiger partial charge in [0.1, 0.15) is 0 Å². The number of hydrogen-bond acceptors (Lipinski definition) is 3. The Morgan fingerprint density at radius 2 is 2.12 bits per heavy atom. The van der Waals surface area contributed by atoms with E-state index in [9.17, 15) is 9.59 Å². The molecule has 1 aromatic rings. The second kappa shape index (κ2) is 4.99. The Labute approximate surface area is 99.6 Å². The van der Waals surface area contributed by atoms with Gasteiger partial charge in [-0.15, -0.1) is 0 Å². The van der Waals surface area contributed by atoms with E-state index in [0.29, 0.717) is 5.69 Å². The maximum atomic E-state index is 11.7. The van der Waals surface area contributed by atoms with Crippen molar-refractivity contribution in [2.24, 2.45) is 12.5 Å². The van der Waals surface area contributed by atoms with E-state index in [1.54, 1.807) is 38.0 Å². The number of carboxylic acids is 1. The lowest BCUT2D eigenvalue weighted by atomic mass is 9.85. The monoisotopic (exact) mass is 239 g/mol. The van der Waals surface area contributed by atoms with Crippen molar-refractivity contribution < 1.29 is 14.7 Å². The van der Waals surface area contributed by atoms with E-state index in [0.717, 1.165) is 0 Å². The van der Waals surface area contributed by atoms with Gasteiger partial charge in [-0.05, 0) is 5.41 Å². The zero-order valence-corrected chi connectivity index (χ0v) is 10.2. The predicted molar refractivity (Wildman–Crippen MR) is 62.5 cm³/mol. The standard InChI is InChI=1S/C11H17N3O3/c1-11(2,5-10(16)17)4-9(15)13-8-6-12-14(3)7-8/h6-7H,4-5H2,1-3H3,(H,13,15)(H,16,17). The van der Waals surface area contributed by atoms with Crippen LogP contribution in [0.2, 0.25) is 0 Å². The van der Waals surface area contributed by atoms with Crippen molar-refractivity contribution in [2.45, 2.75) is 26.7 Å². The lowest BCUT2D eigenvalue weighted by Gasteiger charge is -2.21. The van der Waals surface area contributed by atoms with Crippen LogP contribution in [-0.2, 0) is 16.6 Å². The van der Waals surface area contributed by atoms with E-state index < -0.39 is 11.4 Å². The molecule has 94 valence electrons. The number of anilines is 1. The molecule has 0 radical (unpaired) electrons. The third-order valence-electron chi connectivity index (χ3n) is 2.26. The number of carbonyl (C=O) groups is 2. The second-order valence-electron chi connectivity index (χ2n) is 4.86. The molecule has 6 heteroatoms. The Hall–Kier alpha value is -1.85. The van der Waals surface area contributed by atoms with Crippen molar-refractivity contribution in [3.05, 3.63) is 12.4 Å². The predicted octanol–water partition coefficient (Wildman–Crippen LogP) is 1.25. The van der Waals surface area contributed by atoms with Gasteiger partial charge in [-0.3, -0.25) is 14.3 Å². The van der Waals surface area contributed by atoms with Crippen LogP contribution >= 0.6 is 0 Å². The van der Waals surface area contributed by atoms with Gasteiger partial charge >= 0.3 is 5.97 Å². The molecule has 0 unspecified atom stereocenters. The first kappa shape index (κ1) is 13.2. The molecule has 0 bridgehead atoms. The van der Waals surface area contributed by atoms with E-state index in [-0.39, 0.29) is 18.7 Å². The van der Waals surface area contributed by atoms with Gasteiger partial charge in [0.25, 0.3) is 0 Å². The summed E-state index contributed by atoms with van der Waals surface area (Å²) in [6.45, 7) is 3.51. The second-order valence-corrected chi connectivity index (χ2v) is 4.86. The highest BCUT2D eigenvalue weighted by Gasteiger charge is 2.25. The first-order valence-electron chi connectivity index (χ1n) is 5.29. The van der Waals surface area contributed by atoms with Gasteiger partial charge in [0.2, 0.25) is 5.91 Å². The zero-order valence-electron chi connectivity index (χ0n) is 10.2. The molecule has 0 aliphatic rings. The molecule has 0 saturated carbocycles. The molecule has 0 spiro atoms. The van der Waals surface area contributed by atoms with Crippen LogP contribution in [0.5, 0.6) is 0 Å². The van der Waals surface area contributed by atoms with Crippen LogP contribution in [0.4, 0.5) is 5.69 Å². The molecule has 0 aliphatic carbocycles. The van der Waals surface area contributed by atoms with Gasteiger partial charge in [-0.1, -0.05) is 13.8 Å². The van der Waals surface area contributed by atoms with Gasteiger partial charge in [0.15, 0.2) is 0 Å². The van der Waals surface area contributed by atoms with Crippen LogP contribution in [0.25, 0.3) is 0 Å². The number of aromatic nitrogens is 2. The molecule has 1 amide bonds. The quantitative estimate of drug-likeness (QED) is 0.809. The third-order valence-corrected chi connectivity index (χ3v) is 2.26. The molecular formula is C11H17N3O3. The van der Waals surface area contributed by atoms with Crippen LogP contribution in [0.3, 0.4) is 0 Å². The fourth-order valence-corrected chi connectivity index (χ4v) is 1.60. The number of hydrogen-bond donors (Lipinski definition) is 2. The van der Waals surface area contributed by atoms with E-state index in [2.05, 4.69) is 10.4 Å². The fourth-order valence-electron chi connectivity index (χ4n) is 1.60. The summed E-state index contributed by atoms with van der Waals surface area (Å²) in [4.78, 5) is 22.3. The number of carboxylic acid groups (broad SMARTS) is 1. The number of aryl methyl sites for hydroxylation is 1. The highest BCUT2D eigenvalue weighted by atomic mass is 16.4. The SMILES string of the molecule is Cn1cc(NC(=O)CC(C)(C)CC(=O)O)cn1. The smallest absolute Gasteiger partial charge is 0.303 e. The molecule has 0 aromatic carbocycles. The first-order valence-corrected chi connectivity index (χ1v) is 5.29. The summed E-state index contributed by atoms with van der Waals surface area (Å²) in [5.41, 5.74) is 0.0571. The summed E-state index contributed by atoms with van der Waals surface area (Å²) in [5.74, 6) is -1.10. The number of nitrogens with one attached hydrogen (secondary N) is 1. The van der Waals surface area contributed by atoms with Crippen LogP contribution in [0.15, 0.2) is 12.4 Å². The summed E-state index contributed by atoms with van der Waals surface area (Å²) >= 11 is 0. The summed E-state index contributed by atoms with van der Waals surface area (Å²) in [7, 11) is 1.75. The van der Waals surface area contributed by atoms with E-state index in [1.165, 1.54) is 0 Å². The maximum absolute atomic E-state index is 11.7. The van der Waals surface area contributed by atoms with Gasteiger partial charge in [0.05, 0.1) is 18.3 Å². The van der Waals surface area contributed by atoms with Crippen molar-refractivity contribution in [1.29, 1.82) is 0 Å². The molecule has 6 nitrogen and oxygen atoms in total. The fraction of sp³-hybridized carbons (Fsp3) is 0.545. The minimum absolute atomic E-state index is 0.0343. The van der Waals surface area contributed by atoms with Crippen LogP contribution < -0.4 is 5.32 Å². The van der Waals surface area contributed by atoms with Gasteiger partial charge < -0.3 is 10.4 Å². The summed E-state index contributed by atoms with van der Waals surface area (Å²) in [6, 6.07) is 0. The maximum Gasteiger partial charge on any atom is 0.303 e. The Morgan fingerprint density at radius 1 is 1.47 bits per heavy atom. The average molecular weight is 239 g/mol. The van der Waals surface area contributed by atoms with E-state index in [4.69, 9.17) is 5.11 Å². The molecule has 1 rings (SSSR count). The molecule has 1 aromatic heterocycles. The van der Waals surface area contributed by atoms with Crippen molar-refractivity contribution >= 4 is 17.6 Å². The minimum atomic E-state index is -0.899. The Kier molecular flexibility index (Phi) is 3.88. The lowest BCUT2D eigenvalue weighted by Crippen LogP contribution is -2.24. The molecule has 0 aliphatic heterocycles. The summed E-state index contributed by atoms with van der Waals surface area (Å²) in [5, 5.41) is 15.3. The van der Waals surface area contributed by atoms with E-state index >= 15 is 0 Å². The summed E-state index contributed by atoms with van der Waals surface area (Å²) < 4.78 is 1.58. The number of aliphatic carboxylic acids is 1. The highest BCUT2D eigenvalue weighted by Crippen LogP contribution is 2.25. The molecule has 0 atom stereocenters. The number of rotatable bonds is 5. The Bertz CT molecular complexity index is 423. The summed E-state index contributed by atoms with van der Waals surface area (Å²) in [6.07, 6.45) is 3.35. The first-order chi connectivity index (χ1) is 7.78. The molecule has 2 N–H and O–H groups in total. The molecule has 0 fully saturated rings. The van der Waals surface area contributed by atoms with Crippen molar-refractivity contribution in [1.82, 2.24) is 9.78 Å². The average Bonchev–Trinajstić information content (AvgIpc) is 2.46. The Balaban J connectivity index is 2.52. The molecule has 1 heterocycles. The highest BCUT2D eigenvalue weighted by molar-refractivity contribution is 5.91. The molecule has 0 saturated heterocycles. The van der Waals surface area contributed by atoms with Crippen molar-refractivity contribution in [3.63, 3.8) is 0 Å². The van der Waals surface area contributed by atoms with E-state index in [1.807, 2.05) is 0 Å². The van der Waals surface area contributed by atoms with Gasteiger partial charge in [0, 0.05) is 19.7 Å². The number of carbonyl (C=O) groups excluding carboxylic acids is 1. The van der Waals surface area contributed by atoms with Crippen molar-refractivity contribution in [3.8, 4) is 0 Å². The Morgan fingerprint density at radius 3 is 2.59 bits per heavy atom. The van der Waals surface area contributed by atoms with Crippen LogP contribution in [-0.4, -0.2) is 26.8 Å². The topological polar surface area (TPSA) is 84.2 Å². The third kappa shape index (κ3) is 4.67. The normalized spacial score (nSPS) is 11.2. The zero-order chi connectivity index (χ0) is 13.1. The van der Waals surface area contributed by atoms with Gasteiger partial charge in [-0.2, -0.15) is 5.10 Å². The lowest BCUT2D eigenvalue weighted by molar-refractivity contribution is -0.139. The van der Waals surface area contributed by atoms with Crippen molar-refractivity contribution in [2.75, 3.05) is 5.32 Å².